The third-order valence-corrected chi connectivity index (χ3v) is 3.60. The average Bonchev–Trinajstić information content (AvgIpc) is 2.58. The van der Waals surface area contributed by atoms with Crippen LogP contribution in [0.25, 0.3) is 0 Å². The molecule has 5 heteroatoms. The van der Waals surface area contributed by atoms with E-state index in [0.717, 1.165) is 11.1 Å². The lowest BCUT2D eigenvalue weighted by atomic mass is 10.0. The van der Waals surface area contributed by atoms with Crippen LogP contribution in [0.5, 0.6) is 5.75 Å². The van der Waals surface area contributed by atoms with Gasteiger partial charge in [-0.3, -0.25) is 20.4 Å². The SMILES string of the molecule is Cc1ccccc1C(=O)NNC(=O)COc1ccccc1C(C)C. The van der Waals surface area contributed by atoms with Gasteiger partial charge in [0, 0.05) is 5.56 Å². The minimum absolute atomic E-state index is 0.169. The molecule has 0 saturated heterocycles. The molecule has 24 heavy (non-hydrogen) atoms. The van der Waals surface area contributed by atoms with Crippen molar-refractivity contribution >= 4 is 11.8 Å². The summed E-state index contributed by atoms with van der Waals surface area (Å²) in [6.45, 7) is 5.79. The molecule has 2 aromatic rings. The summed E-state index contributed by atoms with van der Waals surface area (Å²) in [6.07, 6.45) is 0. The van der Waals surface area contributed by atoms with Gasteiger partial charge in [-0.05, 0) is 36.1 Å². The number of nitrogens with one attached hydrogen (secondary N) is 2. The van der Waals surface area contributed by atoms with Crippen LogP contribution in [0.15, 0.2) is 48.5 Å². The lowest BCUT2D eigenvalue weighted by molar-refractivity contribution is -0.123. The van der Waals surface area contributed by atoms with Crippen LogP contribution in [0.2, 0.25) is 0 Å². The molecule has 0 fully saturated rings. The molecule has 0 saturated carbocycles. The molecular weight excluding hydrogens is 304 g/mol. The van der Waals surface area contributed by atoms with Gasteiger partial charge < -0.3 is 4.74 Å². The van der Waals surface area contributed by atoms with E-state index in [1.165, 1.54) is 0 Å². The van der Waals surface area contributed by atoms with E-state index in [2.05, 4.69) is 24.7 Å². The predicted octanol–water partition coefficient (Wildman–Crippen LogP) is 2.96. The van der Waals surface area contributed by atoms with E-state index in [0.29, 0.717) is 17.2 Å². The zero-order chi connectivity index (χ0) is 17.5. The maximum Gasteiger partial charge on any atom is 0.276 e. The second kappa shape index (κ2) is 8.15. The summed E-state index contributed by atoms with van der Waals surface area (Å²) in [4.78, 5) is 23.9. The van der Waals surface area contributed by atoms with E-state index in [-0.39, 0.29) is 12.5 Å². The molecule has 2 aromatic carbocycles. The summed E-state index contributed by atoms with van der Waals surface area (Å²) in [5, 5.41) is 0. The van der Waals surface area contributed by atoms with Gasteiger partial charge in [-0.25, -0.2) is 0 Å². The Balaban J connectivity index is 1.86. The van der Waals surface area contributed by atoms with E-state index >= 15 is 0 Å². The number of hydrogen-bond donors (Lipinski definition) is 2. The first-order chi connectivity index (χ1) is 11.5. The summed E-state index contributed by atoms with van der Waals surface area (Å²) in [6, 6.07) is 14.8. The highest BCUT2D eigenvalue weighted by Crippen LogP contribution is 2.25. The van der Waals surface area contributed by atoms with Crippen molar-refractivity contribution < 1.29 is 14.3 Å². The Morgan fingerprint density at radius 3 is 2.38 bits per heavy atom. The number of hydrogen-bond acceptors (Lipinski definition) is 3. The Labute approximate surface area is 142 Å². The highest BCUT2D eigenvalue weighted by molar-refractivity contribution is 5.96. The molecule has 0 atom stereocenters. The maximum absolute atomic E-state index is 12.0. The maximum atomic E-state index is 12.0. The average molecular weight is 326 g/mol. The van der Waals surface area contributed by atoms with Crippen molar-refractivity contribution in [3.8, 4) is 5.75 Å². The Kier molecular flexibility index (Phi) is 5.95. The van der Waals surface area contributed by atoms with Crippen LogP contribution in [0.3, 0.4) is 0 Å². The van der Waals surface area contributed by atoms with Crippen LogP contribution in [0, 0.1) is 6.92 Å². The number of benzene rings is 2. The first-order valence-electron chi connectivity index (χ1n) is 7.85. The van der Waals surface area contributed by atoms with Gasteiger partial charge in [0.15, 0.2) is 6.61 Å². The number of hydrazine groups is 1. The molecule has 2 amide bonds. The van der Waals surface area contributed by atoms with Crippen LogP contribution < -0.4 is 15.6 Å². The summed E-state index contributed by atoms with van der Waals surface area (Å²) in [5.41, 5.74) is 7.15. The standard InChI is InChI=1S/C19H22N2O3/c1-13(2)15-9-6-7-11-17(15)24-12-18(22)20-21-19(23)16-10-5-4-8-14(16)3/h4-11,13H,12H2,1-3H3,(H,20,22)(H,21,23). The molecule has 2 rings (SSSR count). The highest BCUT2D eigenvalue weighted by atomic mass is 16.5. The van der Waals surface area contributed by atoms with Crippen LogP contribution in [-0.4, -0.2) is 18.4 Å². The van der Waals surface area contributed by atoms with Gasteiger partial charge in [0.1, 0.15) is 5.75 Å². The van der Waals surface area contributed by atoms with Crippen LogP contribution in [-0.2, 0) is 4.79 Å². The van der Waals surface area contributed by atoms with Gasteiger partial charge in [-0.2, -0.15) is 0 Å². The number of aryl methyl sites for hydroxylation is 1. The fourth-order valence-corrected chi connectivity index (χ4v) is 2.29. The minimum Gasteiger partial charge on any atom is -0.483 e. The number of carbonyl (C=O) groups excluding carboxylic acids is 2. The van der Waals surface area contributed by atoms with E-state index in [1.807, 2.05) is 43.3 Å². The van der Waals surface area contributed by atoms with E-state index < -0.39 is 5.91 Å². The Morgan fingerprint density at radius 1 is 1.00 bits per heavy atom. The zero-order valence-corrected chi connectivity index (χ0v) is 14.1. The zero-order valence-electron chi connectivity index (χ0n) is 14.1. The van der Waals surface area contributed by atoms with Crippen molar-refractivity contribution in [3.05, 3.63) is 65.2 Å². The second-order valence-corrected chi connectivity index (χ2v) is 5.80. The van der Waals surface area contributed by atoms with Crippen molar-refractivity contribution in [1.82, 2.24) is 10.9 Å². The van der Waals surface area contributed by atoms with Crippen molar-refractivity contribution in [3.63, 3.8) is 0 Å². The molecule has 2 N–H and O–H groups in total. The first-order valence-corrected chi connectivity index (χ1v) is 7.85. The Morgan fingerprint density at radius 2 is 1.67 bits per heavy atom. The van der Waals surface area contributed by atoms with Crippen molar-refractivity contribution in [2.75, 3.05) is 6.61 Å². The van der Waals surface area contributed by atoms with Crippen molar-refractivity contribution in [2.45, 2.75) is 26.7 Å². The molecule has 0 heterocycles. The quantitative estimate of drug-likeness (QED) is 0.830. The molecule has 0 aliphatic rings. The summed E-state index contributed by atoms with van der Waals surface area (Å²) >= 11 is 0. The third-order valence-electron chi connectivity index (χ3n) is 3.60. The van der Waals surface area contributed by atoms with Crippen molar-refractivity contribution in [1.29, 1.82) is 0 Å². The molecule has 5 nitrogen and oxygen atoms in total. The van der Waals surface area contributed by atoms with E-state index in [4.69, 9.17) is 4.74 Å². The predicted molar refractivity (Wildman–Crippen MR) is 92.8 cm³/mol. The van der Waals surface area contributed by atoms with Gasteiger partial charge in [0.2, 0.25) is 0 Å². The third kappa shape index (κ3) is 4.59. The van der Waals surface area contributed by atoms with Crippen molar-refractivity contribution in [2.24, 2.45) is 0 Å². The molecule has 0 bridgehead atoms. The fourth-order valence-electron chi connectivity index (χ4n) is 2.29. The number of carbonyl (C=O) groups is 2. The van der Waals surface area contributed by atoms with E-state index in [1.54, 1.807) is 12.1 Å². The summed E-state index contributed by atoms with van der Waals surface area (Å²) in [5.74, 6) is 0.192. The lowest BCUT2D eigenvalue weighted by Gasteiger charge is -2.14. The van der Waals surface area contributed by atoms with Gasteiger partial charge in [-0.1, -0.05) is 50.2 Å². The Hall–Kier alpha value is -2.82. The number of rotatable bonds is 5. The monoisotopic (exact) mass is 326 g/mol. The number of ether oxygens (including phenoxy) is 1. The van der Waals surface area contributed by atoms with Gasteiger partial charge in [0.05, 0.1) is 0 Å². The van der Waals surface area contributed by atoms with Gasteiger partial charge in [0.25, 0.3) is 11.8 Å². The van der Waals surface area contributed by atoms with Crippen LogP contribution in [0.1, 0.15) is 41.3 Å². The van der Waals surface area contributed by atoms with Crippen LogP contribution in [0.4, 0.5) is 0 Å². The topological polar surface area (TPSA) is 67.4 Å². The largest absolute Gasteiger partial charge is 0.483 e. The minimum atomic E-state index is -0.421. The number of amides is 2. The van der Waals surface area contributed by atoms with E-state index in [9.17, 15) is 9.59 Å². The van der Waals surface area contributed by atoms with Gasteiger partial charge >= 0.3 is 0 Å². The normalized spacial score (nSPS) is 10.3. The summed E-state index contributed by atoms with van der Waals surface area (Å²) in [7, 11) is 0. The first kappa shape index (κ1) is 17.5. The molecule has 0 aliphatic heterocycles. The second-order valence-electron chi connectivity index (χ2n) is 5.80. The molecule has 0 unspecified atom stereocenters. The van der Waals surface area contributed by atoms with Gasteiger partial charge in [-0.15, -0.1) is 0 Å². The Bertz CT molecular complexity index is 726. The lowest BCUT2D eigenvalue weighted by Crippen LogP contribution is -2.44. The molecule has 0 aliphatic carbocycles. The summed E-state index contributed by atoms with van der Waals surface area (Å²) < 4.78 is 5.56. The molecule has 126 valence electrons. The number of para-hydroxylation sites is 1. The molecule has 0 spiro atoms. The molecular formula is C19H22N2O3. The van der Waals surface area contributed by atoms with Crippen LogP contribution >= 0.6 is 0 Å². The fraction of sp³-hybridized carbons (Fsp3) is 0.263. The smallest absolute Gasteiger partial charge is 0.276 e. The highest BCUT2D eigenvalue weighted by Gasteiger charge is 2.11. The molecule has 0 aromatic heterocycles. The molecule has 0 radical (unpaired) electrons.